The fourth-order valence-electron chi connectivity index (χ4n) is 5.99. The van der Waals surface area contributed by atoms with Gasteiger partial charge in [-0.15, -0.1) is 0 Å². The Kier molecular flexibility index (Phi) is 4.67. The third kappa shape index (κ3) is 3.16. The molecule has 2 aliphatic heterocycles. The summed E-state index contributed by atoms with van der Waals surface area (Å²) in [5.74, 6) is 1.43. The van der Waals surface area contributed by atoms with Crippen LogP contribution in [0.2, 0.25) is 0 Å². The summed E-state index contributed by atoms with van der Waals surface area (Å²) in [4.78, 5) is 38.3. The van der Waals surface area contributed by atoms with E-state index >= 15 is 0 Å². The molecular weight excluding hydrogens is 368 g/mol. The van der Waals surface area contributed by atoms with E-state index in [4.69, 9.17) is 5.73 Å². The molecule has 2 heterocycles. The van der Waals surface area contributed by atoms with Gasteiger partial charge in [0.05, 0.1) is 0 Å². The highest BCUT2D eigenvalue weighted by molar-refractivity contribution is 6.05. The van der Waals surface area contributed by atoms with E-state index in [0.29, 0.717) is 36.4 Å². The zero-order valence-corrected chi connectivity index (χ0v) is 16.5. The summed E-state index contributed by atoms with van der Waals surface area (Å²) in [5, 5.41) is 6.09. The quantitative estimate of drug-likeness (QED) is 0.642. The van der Waals surface area contributed by atoms with Gasteiger partial charge in [0.2, 0.25) is 11.8 Å². The molecule has 1 aromatic carbocycles. The summed E-state index contributed by atoms with van der Waals surface area (Å²) in [5.41, 5.74) is 8.72. The van der Waals surface area contributed by atoms with E-state index in [1.807, 2.05) is 12.1 Å². The standard InChI is InChI=1S/C22H28N4O3/c23-9-15-7-14-6-13(15)8-18(14)24-10-12-2-1-3-16-17(12)11-26(22(16)29)19-4-5-20(27)25-21(19)28/h1-3,13-15,18-19,24H,4-11,23H2,(H,25,27,28). The van der Waals surface area contributed by atoms with Crippen LogP contribution in [-0.4, -0.2) is 41.2 Å². The summed E-state index contributed by atoms with van der Waals surface area (Å²) < 4.78 is 0. The van der Waals surface area contributed by atoms with Gasteiger partial charge in [0, 0.05) is 31.1 Å². The van der Waals surface area contributed by atoms with Gasteiger partial charge in [0.1, 0.15) is 6.04 Å². The van der Waals surface area contributed by atoms with Gasteiger partial charge < -0.3 is 16.0 Å². The van der Waals surface area contributed by atoms with E-state index in [-0.39, 0.29) is 24.1 Å². The van der Waals surface area contributed by atoms with Gasteiger partial charge in [0.15, 0.2) is 0 Å². The number of hydrogen-bond donors (Lipinski definition) is 3. The molecule has 0 radical (unpaired) electrons. The Balaban J connectivity index is 1.28. The van der Waals surface area contributed by atoms with Crippen LogP contribution in [0.1, 0.15) is 53.6 Å². The third-order valence-corrected chi connectivity index (χ3v) is 7.54. The maximum atomic E-state index is 12.9. The number of rotatable bonds is 5. The molecule has 7 nitrogen and oxygen atoms in total. The highest BCUT2D eigenvalue weighted by Gasteiger charge is 2.45. The molecule has 2 aliphatic carbocycles. The lowest BCUT2D eigenvalue weighted by molar-refractivity contribution is -0.136. The Labute approximate surface area is 170 Å². The molecule has 5 unspecified atom stereocenters. The number of hydrogen-bond acceptors (Lipinski definition) is 5. The van der Waals surface area contributed by atoms with Crippen molar-refractivity contribution in [1.29, 1.82) is 0 Å². The van der Waals surface area contributed by atoms with Crippen LogP contribution in [0.4, 0.5) is 0 Å². The molecule has 1 saturated heterocycles. The number of imide groups is 1. The number of nitrogens with one attached hydrogen (secondary N) is 2. The van der Waals surface area contributed by atoms with Crippen LogP contribution in [-0.2, 0) is 22.7 Å². The number of amides is 3. The number of carbonyl (C=O) groups excluding carboxylic acids is 3. The van der Waals surface area contributed by atoms with Gasteiger partial charge in [-0.1, -0.05) is 12.1 Å². The molecule has 4 aliphatic rings. The van der Waals surface area contributed by atoms with Crippen molar-refractivity contribution in [2.45, 2.75) is 57.3 Å². The predicted octanol–water partition coefficient (Wildman–Crippen LogP) is 0.911. The molecule has 154 valence electrons. The molecule has 4 N–H and O–H groups in total. The van der Waals surface area contributed by atoms with Crippen LogP contribution < -0.4 is 16.4 Å². The SMILES string of the molecule is NCC1CC2CC1CC2NCc1cccc2c1CN(C1CCC(=O)NC1=O)C2=O. The fraction of sp³-hybridized carbons (Fsp3) is 0.591. The van der Waals surface area contributed by atoms with Gasteiger partial charge in [-0.05, 0) is 67.2 Å². The molecule has 3 fully saturated rings. The summed E-state index contributed by atoms with van der Waals surface area (Å²) in [6, 6.07) is 5.81. The molecule has 0 aromatic heterocycles. The first kappa shape index (κ1) is 18.8. The van der Waals surface area contributed by atoms with Crippen molar-refractivity contribution in [2.75, 3.05) is 6.54 Å². The Morgan fingerprint density at radius 2 is 2.00 bits per heavy atom. The highest BCUT2D eigenvalue weighted by atomic mass is 16.2. The van der Waals surface area contributed by atoms with Gasteiger partial charge in [-0.2, -0.15) is 0 Å². The van der Waals surface area contributed by atoms with Crippen molar-refractivity contribution >= 4 is 17.7 Å². The Morgan fingerprint density at radius 3 is 2.72 bits per heavy atom. The number of nitrogens with two attached hydrogens (primary N) is 1. The zero-order chi connectivity index (χ0) is 20.1. The average molecular weight is 396 g/mol. The first-order chi connectivity index (χ1) is 14.0. The maximum absolute atomic E-state index is 12.9. The summed E-state index contributed by atoms with van der Waals surface area (Å²) in [7, 11) is 0. The molecule has 3 amide bonds. The van der Waals surface area contributed by atoms with Crippen molar-refractivity contribution in [3.63, 3.8) is 0 Å². The summed E-state index contributed by atoms with van der Waals surface area (Å²) in [6.07, 6.45) is 4.38. The normalized spacial score (nSPS) is 33.3. The smallest absolute Gasteiger partial charge is 0.255 e. The number of piperidine rings is 1. The van der Waals surface area contributed by atoms with Crippen molar-refractivity contribution in [2.24, 2.45) is 23.5 Å². The third-order valence-electron chi connectivity index (χ3n) is 7.54. The van der Waals surface area contributed by atoms with Gasteiger partial charge in [-0.3, -0.25) is 19.7 Å². The lowest BCUT2D eigenvalue weighted by atomic mass is 9.86. The molecule has 1 aromatic rings. The second kappa shape index (κ2) is 7.22. The van der Waals surface area contributed by atoms with E-state index in [1.165, 1.54) is 19.3 Å². The highest BCUT2D eigenvalue weighted by Crippen LogP contribution is 2.48. The zero-order valence-electron chi connectivity index (χ0n) is 16.5. The van der Waals surface area contributed by atoms with Crippen LogP contribution >= 0.6 is 0 Å². The van der Waals surface area contributed by atoms with E-state index in [9.17, 15) is 14.4 Å². The molecule has 29 heavy (non-hydrogen) atoms. The number of fused-ring (bicyclic) bond motifs is 3. The molecule has 7 heteroatoms. The molecule has 2 saturated carbocycles. The van der Waals surface area contributed by atoms with E-state index in [0.717, 1.165) is 30.1 Å². The number of benzene rings is 1. The van der Waals surface area contributed by atoms with E-state index < -0.39 is 6.04 Å². The maximum Gasteiger partial charge on any atom is 0.255 e. The minimum Gasteiger partial charge on any atom is -0.330 e. The molecule has 5 atom stereocenters. The van der Waals surface area contributed by atoms with Crippen LogP contribution in [0.15, 0.2) is 18.2 Å². The van der Waals surface area contributed by atoms with Crippen molar-refractivity contribution in [1.82, 2.24) is 15.5 Å². The first-order valence-corrected chi connectivity index (χ1v) is 10.7. The first-order valence-electron chi connectivity index (χ1n) is 10.7. The molecule has 0 spiro atoms. The van der Waals surface area contributed by atoms with Crippen LogP contribution in [0, 0.1) is 17.8 Å². The minimum absolute atomic E-state index is 0.109. The predicted molar refractivity (Wildman–Crippen MR) is 106 cm³/mol. The minimum atomic E-state index is -0.563. The second-order valence-corrected chi connectivity index (χ2v) is 9.05. The Bertz CT molecular complexity index is 870. The summed E-state index contributed by atoms with van der Waals surface area (Å²) >= 11 is 0. The van der Waals surface area contributed by atoms with Crippen LogP contribution in [0.25, 0.3) is 0 Å². The van der Waals surface area contributed by atoms with Crippen molar-refractivity contribution in [3.8, 4) is 0 Å². The van der Waals surface area contributed by atoms with E-state index in [1.54, 1.807) is 4.90 Å². The number of carbonyl (C=O) groups is 3. The molecular formula is C22H28N4O3. The van der Waals surface area contributed by atoms with Crippen molar-refractivity contribution in [3.05, 3.63) is 34.9 Å². The molecule has 5 rings (SSSR count). The van der Waals surface area contributed by atoms with Crippen LogP contribution in [0.5, 0.6) is 0 Å². The van der Waals surface area contributed by atoms with Gasteiger partial charge >= 0.3 is 0 Å². The second-order valence-electron chi connectivity index (χ2n) is 9.05. The van der Waals surface area contributed by atoms with Crippen molar-refractivity contribution < 1.29 is 14.4 Å². The molecule has 2 bridgehead atoms. The topological polar surface area (TPSA) is 105 Å². The summed E-state index contributed by atoms with van der Waals surface area (Å²) in [6.45, 7) is 1.98. The largest absolute Gasteiger partial charge is 0.330 e. The van der Waals surface area contributed by atoms with Gasteiger partial charge in [0.25, 0.3) is 5.91 Å². The average Bonchev–Trinajstić information content (AvgIpc) is 3.39. The lowest BCUT2D eigenvalue weighted by Gasteiger charge is -2.29. The lowest BCUT2D eigenvalue weighted by Crippen LogP contribution is -2.52. The Morgan fingerprint density at radius 1 is 1.14 bits per heavy atom. The van der Waals surface area contributed by atoms with E-state index in [2.05, 4.69) is 16.7 Å². The monoisotopic (exact) mass is 396 g/mol. The fourth-order valence-corrected chi connectivity index (χ4v) is 5.99. The van der Waals surface area contributed by atoms with Gasteiger partial charge in [-0.25, -0.2) is 0 Å². The Hall–Kier alpha value is -2.25. The van der Waals surface area contributed by atoms with Crippen LogP contribution in [0.3, 0.4) is 0 Å². The number of nitrogens with zero attached hydrogens (tertiary/aromatic N) is 1.